The molecular formula is C13H18N2O4S. The van der Waals surface area contributed by atoms with E-state index >= 15 is 0 Å². The standard InChI is InChI=1S/C13H18N2O4S/c16-20(17,18)8-9-3-4-19-13(5-9)12-7-14-11(6-15-12)10-1-2-10/h6-7,9-10,13H,1-5,8H2,(H,16,17,18). The van der Waals surface area contributed by atoms with Gasteiger partial charge in [-0.15, -0.1) is 0 Å². The van der Waals surface area contributed by atoms with Gasteiger partial charge in [0.1, 0.15) is 6.10 Å². The van der Waals surface area contributed by atoms with Gasteiger partial charge in [-0.25, -0.2) is 0 Å². The minimum atomic E-state index is -3.93. The van der Waals surface area contributed by atoms with Gasteiger partial charge in [0.2, 0.25) is 0 Å². The normalized spacial score (nSPS) is 27.4. The second-order valence-electron chi connectivity index (χ2n) is 5.64. The molecule has 1 N–H and O–H groups in total. The van der Waals surface area contributed by atoms with Crippen LogP contribution in [0.4, 0.5) is 0 Å². The monoisotopic (exact) mass is 298 g/mol. The predicted octanol–water partition coefficient (Wildman–Crippen LogP) is 1.71. The molecule has 1 aromatic heterocycles. The van der Waals surface area contributed by atoms with E-state index in [1.165, 1.54) is 12.8 Å². The molecule has 0 amide bonds. The molecule has 2 fully saturated rings. The molecule has 0 bridgehead atoms. The Hall–Kier alpha value is -1.05. The Labute approximate surface area is 118 Å². The van der Waals surface area contributed by atoms with Gasteiger partial charge in [-0.3, -0.25) is 14.5 Å². The minimum absolute atomic E-state index is 0.0892. The molecule has 0 aromatic carbocycles. The van der Waals surface area contributed by atoms with E-state index in [-0.39, 0.29) is 17.8 Å². The fourth-order valence-electron chi connectivity index (χ4n) is 2.63. The maximum Gasteiger partial charge on any atom is 0.265 e. The Morgan fingerprint density at radius 3 is 2.50 bits per heavy atom. The van der Waals surface area contributed by atoms with E-state index in [0.29, 0.717) is 25.4 Å². The largest absolute Gasteiger partial charge is 0.372 e. The van der Waals surface area contributed by atoms with Gasteiger partial charge < -0.3 is 4.74 Å². The summed E-state index contributed by atoms with van der Waals surface area (Å²) in [6.07, 6.45) is 6.86. The van der Waals surface area contributed by atoms with Crippen LogP contribution in [0.5, 0.6) is 0 Å². The van der Waals surface area contributed by atoms with Gasteiger partial charge in [0, 0.05) is 18.7 Å². The first-order valence-corrected chi connectivity index (χ1v) is 8.51. The molecular weight excluding hydrogens is 280 g/mol. The lowest BCUT2D eigenvalue weighted by atomic mass is 9.96. The van der Waals surface area contributed by atoms with Gasteiger partial charge in [0.15, 0.2) is 0 Å². The molecule has 2 unspecified atom stereocenters. The van der Waals surface area contributed by atoms with Crippen molar-refractivity contribution in [2.75, 3.05) is 12.4 Å². The Bertz CT molecular complexity index is 569. The average Bonchev–Trinajstić information content (AvgIpc) is 3.21. The number of ether oxygens (including phenoxy) is 1. The summed E-state index contributed by atoms with van der Waals surface area (Å²) >= 11 is 0. The summed E-state index contributed by atoms with van der Waals surface area (Å²) in [6, 6.07) is 0. The fourth-order valence-corrected chi connectivity index (χ4v) is 3.52. The van der Waals surface area contributed by atoms with Crippen LogP contribution in [0, 0.1) is 5.92 Å². The van der Waals surface area contributed by atoms with Crippen molar-refractivity contribution in [3.8, 4) is 0 Å². The van der Waals surface area contributed by atoms with Crippen molar-refractivity contribution in [3.05, 3.63) is 23.8 Å². The SMILES string of the molecule is O=S(=O)(O)CC1CCOC(c2cnc(C3CC3)cn2)C1. The van der Waals surface area contributed by atoms with Crippen LogP contribution >= 0.6 is 0 Å². The van der Waals surface area contributed by atoms with Crippen molar-refractivity contribution in [2.45, 2.75) is 37.7 Å². The zero-order valence-corrected chi connectivity index (χ0v) is 11.9. The van der Waals surface area contributed by atoms with Crippen molar-refractivity contribution in [3.63, 3.8) is 0 Å². The first kappa shape index (κ1) is 13.9. The molecule has 2 atom stereocenters. The molecule has 1 saturated carbocycles. The minimum Gasteiger partial charge on any atom is -0.372 e. The van der Waals surface area contributed by atoms with E-state index in [4.69, 9.17) is 9.29 Å². The molecule has 7 heteroatoms. The van der Waals surface area contributed by atoms with E-state index in [1.807, 2.05) is 0 Å². The molecule has 0 radical (unpaired) electrons. The van der Waals surface area contributed by atoms with Crippen LogP contribution in [0.15, 0.2) is 12.4 Å². The molecule has 20 heavy (non-hydrogen) atoms. The summed E-state index contributed by atoms with van der Waals surface area (Å²) in [7, 11) is -3.93. The maximum atomic E-state index is 11.0. The Morgan fingerprint density at radius 1 is 1.20 bits per heavy atom. The maximum absolute atomic E-state index is 11.0. The summed E-state index contributed by atoms with van der Waals surface area (Å²) in [4.78, 5) is 8.80. The van der Waals surface area contributed by atoms with Gasteiger partial charge >= 0.3 is 0 Å². The van der Waals surface area contributed by atoms with Crippen molar-refractivity contribution in [1.29, 1.82) is 0 Å². The van der Waals surface area contributed by atoms with E-state index in [0.717, 1.165) is 11.4 Å². The van der Waals surface area contributed by atoms with Crippen LogP contribution in [0.25, 0.3) is 0 Å². The zero-order valence-electron chi connectivity index (χ0n) is 11.1. The number of aromatic nitrogens is 2. The molecule has 0 spiro atoms. The third-order valence-corrected chi connectivity index (χ3v) is 4.75. The van der Waals surface area contributed by atoms with Crippen LogP contribution < -0.4 is 0 Å². The molecule has 3 rings (SSSR count). The molecule has 1 aliphatic heterocycles. The highest BCUT2D eigenvalue weighted by Gasteiger charge is 2.29. The van der Waals surface area contributed by atoms with Gasteiger partial charge in [0.05, 0.1) is 23.3 Å². The van der Waals surface area contributed by atoms with Crippen LogP contribution in [0.3, 0.4) is 0 Å². The lowest BCUT2D eigenvalue weighted by Crippen LogP contribution is -2.26. The first-order valence-electron chi connectivity index (χ1n) is 6.90. The molecule has 1 saturated heterocycles. The van der Waals surface area contributed by atoms with E-state index in [1.54, 1.807) is 12.4 Å². The Morgan fingerprint density at radius 2 is 1.90 bits per heavy atom. The second-order valence-corrected chi connectivity index (χ2v) is 7.14. The van der Waals surface area contributed by atoms with Crippen LogP contribution in [0.1, 0.15) is 49.1 Å². The second kappa shape index (κ2) is 5.38. The van der Waals surface area contributed by atoms with E-state index < -0.39 is 10.1 Å². The summed E-state index contributed by atoms with van der Waals surface area (Å²) in [5, 5.41) is 0. The van der Waals surface area contributed by atoms with Crippen molar-refractivity contribution < 1.29 is 17.7 Å². The average molecular weight is 298 g/mol. The number of rotatable bonds is 4. The number of hydrogen-bond donors (Lipinski definition) is 1. The molecule has 1 aromatic rings. The Balaban J connectivity index is 1.66. The quantitative estimate of drug-likeness (QED) is 0.851. The summed E-state index contributed by atoms with van der Waals surface area (Å²) < 4.78 is 36.5. The number of hydrogen-bond acceptors (Lipinski definition) is 5. The summed E-state index contributed by atoms with van der Waals surface area (Å²) in [6.45, 7) is 0.483. The molecule has 2 aliphatic rings. The van der Waals surface area contributed by atoms with E-state index in [9.17, 15) is 8.42 Å². The van der Waals surface area contributed by atoms with Crippen molar-refractivity contribution >= 4 is 10.1 Å². The van der Waals surface area contributed by atoms with Gasteiger partial charge in [0.25, 0.3) is 10.1 Å². The first-order chi connectivity index (χ1) is 9.51. The van der Waals surface area contributed by atoms with Crippen molar-refractivity contribution in [1.82, 2.24) is 9.97 Å². The van der Waals surface area contributed by atoms with Crippen LogP contribution in [-0.2, 0) is 14.9 Å². The summed E-state index contributed by atoms with van der Waals surface area (Å²) in [5.74, 6) is 0.269. The van der Waals surface area contributed by atoms with E-state index in [2.05, 4.69) is 9.97 Å². The highest BCUT2D eigenvalue weighted by Crippen LogP contribution is 2.39. The topological polar surface area (TPSA) is 89.4 Å². The highest BCUT2D eigenvalue weighted by atomic mass is 32.2. The predicted molar refractivity (Wildman–Crippen MR) is 71.8 cm³/mol. The molecule has 110 valence electrons. The van der Waals surface area contributed by atoms with Crippen LogP contribution in [0.2, 0.25) is 0 Å². The smallest absolute Gasteiger partial charge is 0.265 e. The lowest BCUT2D eigenvalue weighted by Gasteiger charge is -2.28. The third-order valence-electron chi connectivity index (χ3n) is 3.86. The van der Waals surface area contributed by atoms with Crippen LogP contribution in [-0.4, -0.2) is 35.3 Å². The zero-order chi connectivity index (χ0) is 14.2. The third kappa shape index (κ3) is 3.53. The summed E-state index contributed by atoms with van der Waals surface area (Å²) in [5.41, 5.74) is 1.77. The highest BCUT2D eigenvalue weighted by molar-refractivity contribution is 7.85. The lowest BCUT2D eigenvalue weighted by molar-refractivity contribution is -0.00855. The molecule has 2 heterocycles. The molecule has 6 nitrogen and oxygen atoms in total. The number of nitrogens with zero attached hydrogens (tertiary/aromatic N) is 2. The fraction of sp³-hybridized carbons (Fsp3) is 0.692. The Kier molecular flexibility index (Phi) is 3.74. The van der Waals surface area contributed by atoms with Crippen molar-refractivity contribution in [2.24, 2.45) is 5.92 Å². The van der Waals surface area contributed by atoms with Gasteiger partial charge in [-0.2, -0.15) is 8.42 Å². The molecule has 1 aliphatic carbocycles. The van der Waals surface area contributed by atoms with Gasteiger partial charge in [-0.05, 0) is 31.6 Å². The van der Waals surface area contributed by atoms with Gasteiger partial charge in [-0.1, -0.05) is 0 Å².